The summed E-state index contributed by atoms with van der Waals surface area (Å²) in [6.45, 7) is 5.79. The zero-order chi connectivity index (χ0) is 9.03. The molecule has 1 fully saturated rings. The minimum atomic E-state index is -0.157. The van der Waals surface area contributed by atoms with Crippen molar-refractivity contribution in [1.82, 2.24) is 0 Å². The van der Waals surface area contributed by atoms with Gasteiger partial charge in [-0.3, -0.25) is 0 Å². The highest BCUT2D eigenvalue weighted by atomic mass is 16.5. The fourth-order valence-corrected chi connectivity index (χ4v) is 1.71. The van der Waals surface area contributed by atoms with Crippen LogP contribution >= 0.6 is 0 Å². The van der Waals surface area contributed by atoms with Crippen molar-refractivity contribution in [3.05, 3.63) is 0 Å². The Morgan fingerprint density at radius 1 is 1.67 bits per heavy atom. The van der Waals surface area contributed by atoms with E-state index in [4.69, 9.17) is 10.00 Å². The third kappa shape index (κ3) is 1.98. The fraction of sp³-hybridized carbons (Fsp3) is 0.900. The maximum atomic E-state index is 9.03. The van der Waals surface area contributed by atoms with Gasteiger partial charge in [-0.25, -0.2) is 0 Å². The van der Waals surface area contributed by atoms with E-state index in [1.54, 1.807) is 0 Å². The van der Waals surface area contributed by atoms with Gasteiger partial charge in [0.15, 0.2) is 0 Å². The van der Waals surface area contributed by atoms with Crippen LogP contribution in [0, 0.1) is 22.7 Å². The summed E-state index contributed by atoms with van der Waals surface area (Å²) < 4.78 is 5.27. The summed E-state index contributed by atoms with van der Waals surface area (Å²) in [6.07, 6.45) is 3.08. The van der Waals surface area contributed by atoms with E-state index in [0.29, 0.717) is 12.5 Å². The van der Waals surface area contributed by atoms with Gasteiger partial charge in [-0.05, 0) is 18.8 Å². The largest absolute Gasteiger partial charge is 0.380 e. The van der Waals surface area contributed by atoms with Crippen molar-refractivity contribution in [3.8, 4) is 6.07 Å². The van der Waals surface area contributed by atoms with Gasteiger partial charge in [-0.2, -0.15) is 5.26 Å². The summed E-state index contributed by atoms with van der Waals surface area (Å²) in [4.78, 5) is 0. The lowest BCUT2D eigenvalue weighted by Gasteiger charge is -2.21. The predicted octanol–water partition coefficient (Wildman–Crippen LogP) is 2.35. The van der Waals surface area contributed by atoms with Gasteiger partial charge < -0.3 is 4.74 Å². The molecule has 0 spiro atoms. The topological polar surface area (TPSA) is 33.0 Å². The molecule has 0 aliphatic carbocycles. The van der Waals surface area contributed by atoms with E-state index in [1.165, 1.54) is 0 Å². The Hall–Kier alpha value is -0.550. The molecule has 0 amide bonds. The Morgan fingerprint density at radius 3 is 2.83 bits per heavy atom. The summed E-state index contributed by atoms with van der Waals surface area (Å²) in [5, 5.41) is 9.03. The van der Waals surface area contributed by atoms with E-state index in [-0.39, 0.29) is 5.41 Å². The summed E-state index contributed by atoms with van der Waals surface area (Å²) in [5.41, 5.74) is -0.157. The molecule has 1 aliphatic rings. The molecule has 2 nitrogen and oxygen atoms in total. The molecule has 1 saturated heterocycles. The third-order valence-electron chi connectivity index (χ3n) is 2.78. The second-order valence-corrected chi connectivity index (χ2v) is 3.91. The number of nitrogens with zero attached hydrogens (tertiary/aromatic N) is 1. The Bertz CT molecular complexity index is 177. The Balaban J connectivity index is 2.51. The molecule has 0 N–H and O–H groups in total. The van der Waals surface area contributed by atoms with E-state index in [2.05, 4.69) is 19.9 Å². The average molecular weight is 167 g/mol. The second-order valence-electron chi connectivity index (χ2n) is 3.91. The average Bonchev–Trinajstić information content (AvgIpc) is 2.54. The zero-order valence-electron chi connectivity index (χ0n) is 7.97. The van der Waals surface area contributed by atoms with Gasteiger partial charge in [0, 0.05) is 6.61 Å². The molecule has 1 rings (SSSR count). The van der Waals surface area contributed by atoms with Crippen LogP contribution in [0.2, 0.25) is 0 Å². The maximum Gasteiger partial charge on any atom is 0.0831 e. The normalized spacial score (nSPS) is 31.4. The minimum absolute atomic E-state index is 0.157. The van der Waals surface area contributed by atoms with Crippen molar-refractivity contribution in [2.45, 2.75) is 33.1 Å². The molecule has 0 saturated carbocycles. The quantitative estimate of drug-likeness (QED) is 0.646. The standard InChI is InChI=1S/C10H17NO/c1-3-9(2)6-10(7-11)4-5-12-8-10/h9H,3-6,8H2,1-2H3. The SMILES string of the molecule is CCC(C)CC1(C#N)CCOC1. The maximum absolute atomic E-state index is 9.03. The third-order valence-corrected chi connectivity index (χ3v) is 2.78. The summed E-state index contributed by atoms with van der Waals surface area (Å²) in [5.74, 6) is 0.645. The van der Waals surface area contributed by atoms with Crippen LogP contribution in [-0.4, -0.2) is 13.2 Å². The highest BCUT2D eigenvalue weighted by Gasteiger charge is 2.35. The van der Waals surface area contributed by atoms with Crippen LogP contribution in [0.5, 0.6) is 0 Å². The van der Waals surface area contributed by atoms with Crippen LogP contribution in [0.1, 0.15) is 33.1 Å². The van der Waals surface area contributed by atoms with Crippen molar-refractivity contribution >= 4 is 0 Å². The fourth-order valence-electron chi connectivity index (χ4n) is 1.71. The van der Waals surface area contributed by atoms with Crippen molar-refractivity contribution in [3.63, 3.8) is 0 Å². The van der Waals surface area contributed by atoms with Crippen molar-refractivity contribution in [2.75, 3.05) is 13.2 Å². The van der Waals surface area contributed by atoms with Crippen LogP contribution in [0.25, 0.3) is 0 Å². The molecule has 2 unspecified atom stereocenters. The summed E-state index contributed by atoms with van der Waals surface area (Å²) >= 11 is 0. The molecule has 0 aromatic rings. The molecule has 0 bridgehead atoms. The van der Waals surface area contributed by atoms with Crippen LogP contribution in [0.15, 0.2) is 0 Å². The van der Waals surface area contributed by atoms with Crippen LogP contribution in [0.3, 0.4) is 0 Å². The van der Waals surface area contributed by atoms with Crippen molar-refractivity contribution in [1.29, 1.82) is 5.26 Å². The first-order chi connectivity index (χ1) is 5.72. The monoisotopic (exact) mass is 167 g/mol. The Labute approximate surface area is 74.5 Å². The van der Waals surface area contributed by atoms with Crippen molar-refractivity contribution < 1.29 is 4.74 Å². The molecule has 2 heteroatoms. The van der Waals surface area contributed by atoms with E-state index in [0.717, 1.165) is 25.9 Å². The number of rotatable bonds is 3. The molecular formula is C10H17NO. The molecule has 0 radical (unpaired) electrons. The molecule has 12 heavy (non-hydrogen) atoms. The van der Waals surface area contributed by atoms with E-state index in [1.807, 2.05) is 0 Å². The van der Waals surface area contributed by atoms with Crippen LogP contribution in [-0.2, 0) is 4.74 Å². The highest BCUT2D eigenvalue weighted by Crippen LogP contribution is 2.35. The minimum Gasteiger partial charge on any atom is -0.380 e. The van der Waals surface area contributed by atoms with E-state index >= 15 is 0 Å². The summed E-state index contributed by atoms with van der Waals surface area (Å²) in [6, 6.07) is 2.42. The molecule has 0 aromatic carbocycles. The van der Waals surface area contributed by atoms with Crippen molar-refractivity contribution in [2.24, 2.45) is 11.3 Å². The predicted molar refractivity (Wildman–Crippen MR) is 47.6 cm³/mol. The lowest BCUT2D eigenvalue weighted by Crippen LogP contribution is -2.21. The van der Waals surface area contributed by atoms with Gasteiger partial charge in [0.25, 0.3) is 0 Å². The van der Waals surface area contributed by atoms with E-state index < -0.39 is 0 Å². The molecule has 68 valence electrons. The summed E-state index contributed by atoms with van der Waals surface area (Å²) in [7, 11) is 0. The first-order valence-electron chi connectivity index (χ1n) is 4.71. The van der Waals surface area contributed by atoms with Gasteiger partial charge in [-0.1, -0.05) is 20.3 Å². The number of ether oxygens (including phenoxy) is 1. The first-order valence-corrected chi connectivity index (χ1v) is 4.71. The lowest BCUT2D eigenvalue weighted by molar-refractivity contribution is 0.161. The molecule has 1 aliphatic heterocycles. The van der Waals surface area contributed by atoms with Gasteiger partial charge >= 0.3 is 0 Å². The van der Waals surface area contributed by atoms with E-state index in [9.17, 15) is 0 Å². The second kappa shape index (κ2) is 3.91. The van der Waals surface area contributed by atoms with Gasteiger partial charge in [0.05, 0.1) is 18.1 Å². The Kier molecular flexibility index (Phi) is 3.11. The van der Waals surface area contributed by atoms with Crippen LogP contribution < -0.4 is 0 Å². The first kappa shape index (κ1) is 9.54. The lowest BCUT2D eigenvalue weighted by atomic mass is 9.80. The van der Waals surface area contributed by atoms with Gasteiger partial charge in [-0.15, -0.1) is 0 Å². The number of nitriles is 1. The highest BCUT2D eigenvalue weighted by molar-refractivity contribution is 5.01. The molecule has 1 heterocycles. The smallest absolute Gasteiger partial charge is 0.0831 e. The molecular weight excluding hydrogens is 150 g/mol. The number of hydrogen-bond acceptors (Lipinski definition) is 2. The zero-order valence-corrected chi connectivity index (χ0v) is 7.97. The molecule has 2 atom stereocenters. The van der Waals surface area contributed by atoms with Gasteiger partial charge in [0.1, 0.15) is 0 Å². The molecule has 0 aromatic heterocycles. The van der Waals surface area contributed by atoms with Gasteiger partial charge in [0.2, 0.25) is 0 Å². The Morgan fingerprint density at radius 2 is 2.42 bits per heavy atom. The van der Waals surface area contributed by atoms with Crippen LogP contribution in [0.4, 0.5) is 0 Å². The number of hydrogen-bond donors (Lipinski definition) is 0.